The number of fused-ring (bicyclic) bond motifs is 1. The molecule has 9 nitrogen and oxygen atoms in total. The summed E-state index contributed by atoms with van der Waals surface area (Å²) in [7, 11) is 0. The van der Waals surface area contributed by atoms with Crippen molar-refractivity contribution in [2.75, 3.05) is 10.6 Å². The number of halogens is 2. The molecule has 6 rings (SSSR count). The number of imidazole rings is 1. The van der Waals surface area contributed by atoms with E-state index >= 15 is 4.39 Å². The number of benzene rings is 2. The first-order valence-corrected chi connectivity index (χ1v) is 11.7. The van der Waals surface area contributed by atoms with Gasteiger partial charge in [0, 0.05) is 17.3 Å². The van der Waals surface area contributed by atoms with Crippen molar-refractivity contribution < 1.29 is 13.6 Å². The molecule has 1 saturated carbocycles. The average molecular weight is 508 g/mol. The maximum Gasteiger partial charge on any atom is 0.255 e. The molecule has 1 fully saturated rings. The van der Waals surface area contributed by atoms with Crippen molar-refractivity contribution in [3.63, 3.8) is 0 Å². The summed E-state index contributed by atoms with van der Waals surface area (Å²) >= 11 is 0. The minimum Gasteiger partial charge on any atom is -0.335 e. The molecular weight excluding hydrogens is 490 g/mol. The number of H-pyrrole nitrogens is 1. The van der Waals surface area contributed by atoms with Crippen LogP contribution < -0.4 is 10.6 Å². The third kappa shape index (κ3) is 3.98. The van der Waals surface area contributed by atoms with Crippen LogP contribution in [0.2, 0.25) is 0 Å². The summed E-state index contributed by atoms with van der Waals surface area (Å²) < 4.78 is 30.4. The minimum absolute atomic E-state index is 0.135. The molecule has 3 heterocycles. The summed E-state index contributed by atoms with van der Waals surface area (Å²) in [5.74, 6) is -2.33. The largest absolute Gasteiger partial charge is 0.335 e. The van der Waals surface area contributed by atoms with Crippen LogP contribution in [0.15, 0.2) is 67.4 Å². The highest BCUT2D eigenvalue weighted by molar-refractivity contribution is 6.05. The number of nitrogens with zero attached hydrogens (tertiary/aromatic N) is 5. The molecule has 0 bridgehead atoms. The molecular formula is C27H18F2N8O. The van der Waals surface area contributed by atoms with E-state index in [4.69, 9.17) is 0 Å². The van der Waals surface area contributed by atoms with Gasteiger partial charge in [0.05, 0.1) is 23.5 Å². The van der Waals surface area contributed by atoms with Gasteiger partial charge in [-0.1, -0.05) is 12.1 Å². The molecule has 0 aliphatic heterocycles. The summed E-state index contributed by atoms with van der Waals surface area (Å²) in [4.78, 5) is 32.7. The zero-order valence-corrected chi connectivity index (χ0v) is 19.7. The number of amides is 1. The number of nitrogens with one attached hydrogen (secondary N) is 3. The lowest BCUT2D eigenvalue weighted by Crippen LogP contribution is -2.15. The van der Waals surface area contributed by atoms with Crippen LogP contribution in [0, 0.1) is 23.0 Å². The summed E-state index contributed by atoms with van der Waals surface area (Å²) in [6.45, 7) is 0. The molecule has 0 radical (unpaired) electrons. The first-order chi connectivity index (χ1) is 18.5. The van der Waals surface area contributed by atoms with E-state index in [9.17, 15) is 14.4 Å². The predicted octanol–water partition coefficient (Wildman–Crippen LogP) is 5.24. The highest BCUT2D eigenvalue weighted by atomic mass is 19.1. The zero-order valence-electron chi connectivity index (χ0n) is 19.7. The molecule has 1 aliphatic rings. The smallest absolute Gasteiger partial charge is 0.255 e. The average Bonchev–Trinajstić information content (AvgIpc) is 3.61. The van der Waals surface area contributed by atoms with E-state index < -0.39 is 28.6 Å². The lowest BCUT2D eigenvalue weighted by atomic mass is 9.96. The van der Waals surface area contributed by atoms with Gasteiger partial charge in [-0.15, -0.1) is 0 Å². The van der Waals surface area contributed by atoms with Gasteiger partial charge in [0.1, 0.15) is 34.9 Å². The number of pyridine rings is 1. The second-order valence-corrected chi connectivity index (χ2v) is 8.86. The second-order valence-electron chi connectivity index (χ2n) is 8.86. The van der Waals surface area contributed by atoms with Crippen LogP contribution in [-0.4, -0.2) is 30.8 Å². The minimum atomic E-state index is -1.01. The van der Waals surface area contributed by atoms with Crippen molar-refractivity contribution in [2.24, 2.45) is 0 Å². The van der Waals surface area contributed by atoms with Crippen LogP contribution in [0.3, 0.4) is 0 Å². The standard InChI is InChI=1S/C27H18F2N8O/c28-18-6-7-19(36-26(38)15-3-1-4-16(11-15)27(12-30)8-9-27)20(29)22(18)37-24-17(5-2-10-31-24)21-23-25(34-13-32-21)35-14-33-23/h1-7,10-11,13-14H,8-9H2,(H,31,37)(H,36,38)(H,32,33,34,35). The molecule has 0 atom stereocenters. The number of anilines is 3. The van der Waals surface area contributed by atoms with Crippen LogP contribution in [0.4, 0.5) is 26.0 Å². The zero-order chi connectivity index (χ0) is 26.3. The fraction of sp³-hybridized carbons (Fsp3) is 0.111. The Hall–Kier alpha value is -5.24. The van der Waals surface area contributed by atoms with E-state index in [0.29, 0.717) is 22.4 Å². The molecule has 3 aromatic heterocycles. The number of aromatic nitrogens is 5. The topological polar surface area (TPSA) is 132 Å². The molecule has 5 aromatic rings. The molecule has 38 heavy (non-hydrogen) atoms. The normalized spacial score (nSPS) is 13.6. The molecule has 186 valence electrons. The van der Waals surface area contributed by atoms with E-state index in [2.05, 4.69) is 41.6 Å². The summed E-state index contributed by atoms with van der Waals surface area (Å²) in [6, 6.07) is 14.5. The fourth-order valence-corrected chi connectivity index (χ4v) is 4.28. The van der Waals surface area contributed by atoms with Gasteiger partial charge in [0.25, 0.3) is 5.91 Å². The third-order valence-electron chi connectivity index (χ3n) is 6.50. The van der Waals surface area contributed by atoms with Gasteiger partial charge < -0.3 is 15.6 Å². The Morgan fingerprint density at radius 2 is 1.92 bits per heavy atom. The van der Waals surface area contributed by atoms with Crippen LogP contribution in [0.25, 0.3) is 22.4 Å². The third-order valence-corrected chi connectivity index (χ3v) is 6.50. The Morgan fingerprint density at radius 3 is 2.74 bits per heavy atom. The van der Waals surface area contributed by atoms with E-state index in [1.165, 1.54) is 18.9 Å². The van der Waals surface area contributed by atoms with Gasteiger partial charge in [-0.2, -0.15) is 5.26 Å². The maximum atomic E-state index is 15.5. The first-order valence-electron chi connectivity index (χ1n) is 11.7. The number of hydrogen-bond donors (Lipinski definition) is 3. The van der Waals surface area contributed by atoms with E-state index in [0.717, 1.165) is 30.5 Å². The maximum absolute atomic E-state index is 15.5. The van der Waals surface area contributed by atoms with Gasteiger partial charge in [-0.25, -0.2) is 28.7 Å². The highest BCUT2D eigenvalue weighted by Crippen LogP contribution is 2.47. The number of carbonyl (C=O) groups excluding carboxylic acids is 1. The monoisotopic (exact) mass is 508 g/mol. The molecule has 11 heteroatoms. The SMILES string of the molecule is N#CC1(c2cccc(C(=O)Nc3ccc(F)c(Nc4ncccc4-c4ncnc5[nH]cnc45)c3F)c2)CC1. The van der Waals surface area contributed by atoms with Gasteiger partial charge >= 0.3 is 0 Å². The number of hydrogen-bond acceptors (Lipinski definition) is 7. The fourth-order valence-electron chi connectivity index (χ4n) is 4.28. The number of aromatic amines is 1. The Balaban J connectivity index is 1.31. The van der Waals surface area contributed by atoms with Crippen molar-refractivity contribution in [1.29, 1.82) is 5.26 Å². The Labute approximate surface area is 214 Å². The Kier molecular flexibility index (Phi) is 5.49. The summed E-state index contributed by atoms with van der Waals surface area (Å²) in [5, 5.41) is 14.7. The van der Waals surface area contributed by atoms with Gasteiger partial charge in [0.15, 0.2) is 11.5 Å². The summed E-state index contributed by atoms with van der Waals surface area (Å²) in [5.41, 5.74) is 1.56. The Bertz CT molecular complexity index is 1760. The molecule has 3 N–H and O–H groups in total. The van der Waals surface area contributed by atoms with Crippen molar-refractivity contribution in [1.82, 2.24) is 24.9 Å². The molecule has 0 spiro atoms. The summed E-state index contributed by atoms with van der Waals surface area (Å²) in [6.07, 6.45) is 5.74. The van der Waals surface area contributed by atoms with Gasteiger partial charge in [0.2, 0.25) is 0 Å². The van der Waals surface area contributed by atoms with Gasteiger partial charge in [-0.05, 0) is 54.8 Å². The molecule has 0 saturated heterocycles. The van der Waals surface area contributed by atoms with Crippen LogP contribution >= 0.6 is 0 Å². The van der Waals surface area contributed by atoms with E-state index in [1.54, 1.807) is 36.4 Å². The number of carbonyl (C=O) groups is 1. The van der Waals surface area contributed by atoms with E-state index in [1.807, 2.05) is 0 Å². The Morgan fingerprint density at radius 1 is 1.05 bits per heavy atom. The number of nitriles is 1. The molecule has 1 aliphatic carbocycles. The van der Waals surface area contributed by atoms with Crippen molar-refractivity contribution in [3.8, 4) is 17.3 Å². The van der Waals surface area contributed by atoms with Crippen molar-refractivity contribution in [3.05, 3.63) is 90.1 Å². The molecule has 0 unspecified atom stereocenters. The predicted molar refractivity (Wildman–Crippen MR) is 135 cm³/mol. The van der Waals surface area contributed by atoms with Crippen LogP contribution in [0.1, 0.15) is 28.8 Å². The van der Waals surface area contributed by atoms with Crippen molar-refractivity contribution >= 4 is 34.3 Å². The number of rotatable bonds is 6. The second kappa shape index (κ2) is 9.01. The highest BCUT2D eigenvalue weighted by Gasteiger charge is 2.45. The lowest BCUT2D eigenvalue weighted by molar-refractivity contribution is 0.102. The quantitative estimate of drug-likeness (QED) is 0.286. The van der Waals surface area contributed by atoms with E-state index in [-0.39, 0.29) is 17.1 Å². The van der Waals surface area contributed by atoms with Gasteiger partial charge in [-0.3, -0.25) is 4.79 Å². The molecule has 1 amide bonds. The molecule has 2 aromatic carbocycles. The first kappa shape index (κ1) is 23.2. The van der Waals surface area contributed by atoms with Crippen molar-refractivity contribution in [2.45, 2.75) is 18.3 Å². The van der Waals surface area contributed by atoms with Crippen LogP contribution in [0.5, 0.6) is 0 Å². The lowest BCUT2D eigenvalue weighted by Gasteiger charge is -2.15. The van der Waals surface area contributed by atoms with Crippen LogP contribution in [-0.2, 0) is 5.41 Å².